The van der Waals surface area contributed by atoms with Gasteiger partial charge in [0.05, 0.1) is 21.3 Å². The number of aliphatic carboxylic acids is 1. The highest BCUT2D eigenvalue weighted by molar-refractivity contribution is 5.77. The third-order valence-corrected chi connectivity index (χ3v) is 2.34. The lowest BCUT2D eigenvalue weighted by Crippen LogP contribution is -2.21. The largest absolute Gasteiger partial charge is 0.496 e. The fourth-order valence-corrected chi connectivity index (χ4v) is 1.43. The quantitative estimate of drug-likeness (QED) is 0.792. The summed E-state index contributed by atoms with van der Waals surface area (Å²) in [6.07, 6.45) is 0. The van der Waals surface area contributed by atoms with Gasteiger partial charge in [-0.3, -0.25) is 4.79 Å². The second-order valence-electron chi connectivity index (χ2n) is 3.27. The SMILES string of the molecule is COc1cc(OC)c(C(N)C(=O)O)cc1OC. The van der Waals surface area contributed by atoms with E-state index in [0.717, 1.165) is 0 Å². The van der Waals surface area contributed by atoms with Crippen LogP contribution in [0.4, 0.5) is 0 Å². The minimum Gasteiger partial charge on any atom is -0.496 e. The average molecular weight is 241 g/mol. The van der Waals surface area contributed by atoms with Gasteiger partial charge >= 0.3 is 5.97 Å². The van der Waals surface area contributed by atoms with Gasteiger partial charge in [0, 0.05) is 11.6 Å². The summed E-state index contributed by atoms with van der Waals surface area (Å²) in [5.74, 6) is 0.0544. The van der Waals surface area contributed by atoms with Gasteiger partial charge in [0.2, 0.25) is 0 Å². The van der Waals surface area contributed by atoms with Gasteiger partial charge in [-0.2, -0.15) is 0 Å². The van der Waals surface area contributed by atoms with Gasteiger partial charge in [-0.25, -0.2) is 0 Å². The Labute approximate surface area is 98.9 Å². The lowest BCUT2D eigenvalue weighted by atomic mass is 10.1. The highest BCUT2D eigenvalue weighted by atomic mass is 16.5. The number of carboxylic acids is 1. The maximum atomic E-state index is 10.9. The van der Waals surface area contributed by atoms with E-state index in [1.54, 1.807) is 0 Å². The molecule has 0 heterocycles. The third-order valence-electron chi connectivity index (χ3n) is 2.34. The van der Waals surface area contributed by atoms with Crippen LogP contribution in [0.1, 0.15) is 11.6 Å². The van der Waals surface area contributed by atoms with Crippen molar-refractivity contribution in [3.63, 3.8) is 0 Å². The number of hydrogen-bond acceptors (Lipinski definition) is 5. The molecule has 0 aromatic heterocycles. The molecule has 6 nitrogen and oxygen atoms in total. The van der Waals surface area contributed by atoms with Crippen molar-refractivity contribution in [3.05, 3.63) is 17.7 Å². The first kappa shape index (κ1) is 13.1. The van der Waals surface area contributed by atoms with Gasteiger partial charge in [-0.15, -0.1) is 0 Å². The van der Waals surface area contributed by atoms with Crippen LogP contribution in [0.25, 0.3) is 0 Å². The summed E-state index contributed by atoms with van der Waals surface area (Å²) < 4.78 is 15.2. The first-order valence-corrected chi connectivity index (χ1v) is 4.83. The molecule has 1 unspecified atom stereocenters. The van der Waals surface area contributed by atoms with Crippen molar-refractivity contribution in [3.8, 4) is 17.2 Å². The normalized spacial score (nSPS) is 11.8. The Morgan fingerprint density at radius 2 is 1.59 bits per heavy atom. The minimum absolute atomic E-state index is 0.331. The topological polar surface area (TPSA) is 91.0 Å². The molecule has 0 fully saturated rings. The molecule has 1 atom stereocenters. The van der Waals surface area contributed by atoms with Crippen molar-refractivity contribution in [1.82, 2.24) is 0 Å². The van der Waals surface area contributed by atoms with Gasteiger partial charge in [0.1, 0.15) is 11.8 Å². The lowest BCUT2D eigenvalue weighted by molar-refractivity contribution is -0.138. The van der Waals surface area contributed by atoms with Gasteiger partial charge in [0.15, 0.2) is 11.5 Å². The highest BCUT2D eigenvalue weighted by Crippen LogP contribution is 2.36. The predicted octanol–water partition coefficient (Wildman–Crippen LogP) is 0.797. The first-order chi connectivity index (χ1) is 8.04. The zero-order valence-electron chi connectivity index (χ0n) is 9.89. The van der Waals surface area contributed by atoms with Crippen LogP contribution in [0.5, 0.6) is 17.2 Å². The Hall–Kier alpha value is -1.95. The van der Waals surface area contributed by atoms with E-state index in [4.69, 9.17) is 25.1 Å². The van der Waals surface area contributed by atoms with Crippen LogP contribution < -0.4 is 19.9 Å². The zero-order valence-corrected chi connectivity index (χ0v) is 9.89. The van der Waals surface area contributed by atoms with Crippen LogP contribution in [0.3, 0.4) is 0 Å². The molecular formula is C11H15NO5. The van der Waals surface area contributed by atoms with E-state index in [0.29, 0.717) is 22.8 Å². The van der Waals surface area contributed by atoms with Gasteiger partial charge in [0.25, 0.3) is 0 Å². The van der Waals surface area contributed by atoms with E-state index in [1.165, 1.54) is 33.5 Å². The van der Waals surface area contributed by atoms with E-state index < -0.39 is 12.0 Å². The second-order valence-corrected chi connectivity index (χ2v) is 3.27. The molecule has 3 N–H and O–H groups in total. The Kier molecular flexibility index (Phi) is 4.17. The molecule has 0 amide bonds. The fraction of sp³-hybridized carbons (Fsp3) is 0.364. The monoisotopic (exact) mass is 241 g/mol. The summed E-state index contributed by atoms with van der Waals surface area (Å²) in [6, 6.07) is 1.86. The summed E-state index contributed by atoms with van der Waals surface area (Å²) in [6.45, 7) is 0. The maximum absolute atomic E-state index is 10.9. The minimum atomic E-state index is -1.18. The molecule has 17 heavy (non-hydrogen) atoms. The van der Waals surface area contributed by atoms with Crippen LogP contribution in [0.2, 0.25) is 0 Å². The number of carbonyl (C=O) groups is 1. The number of methoxy groups -OCH3 is 3. The maximum Gasteiger partial charge on any atom is 0.325 e. The van der Waals surface area contributed by atoms with Crippen molar-refractivity contribution in [2.24, 2.45) is 5.73 Å². The molecule has 1 aromatic rings. The number of nitrogens with two attached hydrogens (primary N) is 1. The van der Waals surface area contributed by atoms with E-state index in [9.17, 15) is 4.79 Å². The molecule has 0 saturated heterocycles. The summed E-state index contributed by atoms with van der Waals surface area (Å²) in [7, 11) is 4.37. The van der Waals surface area contributed by atoms with E-state index in [2.05, 4.69) is 0 Å². The lowest BCUT2D eigenvalue weighted by Gasteiger charge is -2.16. The molecule has 0 spiro atoms. The van der Waals surface area contributed by atoms with Gasteiger partial charge in [-0.05, 0) is 6.07 Å². The Balaban J connectivity index is 3.33. The van der Waals surface area contributed by atoms with Crippen molar-refractivity contribution in [2.75, 3.05) is 21.3 Å². The number of benzene rings is 1. The standard InChI is InChI=1S/C11H15NO5/c1-15-7-5-9(17-3)8(16-2)4-6(7)10(12)11(13)14/h4-5,10H,12H2,1-3H3,(H,13,14). The first-order valence-electron chi connectivity index (χ1n) is 4.83. The van der Waals surface area contributed by atoms with Gasteiger partial charge < -0.3 is 25.1 Å². The van der Waals surface area contributed by atoms with Crippen LogP contribution >= 0.6 is 0 Å². The molecule has 0 aliphatic carbocycles. The van der Waals surface area contributed by atoms with E-state index in [1.807, 2.05) is 0 Å². The molecule has 1 aromatic carbocycles. The van der Waals surface area contributed by atoms with Crippen molar-refractivity contribution < 1.29 is 24.1 Å². The molecule has 0 aliphatic rings. The number of ether oxygens (including phenoxy) is 3. The summed E-state index contributed by atoms with van der Waals surface area (Å²) in [4.78, 5) is 10.9. The fourth-order valence-electron chi connectivity index (χ4n) is 1.43. The van der Waals surface area contributed by atoms with E-state index >= 15 is 0 Å². The highest BCUT2D eigenvalue weighted by Gasteiger charge is 2.21. The number of rotatable bonds is 5. The molecule has 0 bridgehead atoms. The molecule has 94 valence electrons. The summed E-state index contributed by atoms with van der Waals surface area (Å²) in [5.41, 5.74) is 5.88. The second kappa shape index (κ2) is 5.40. The number of hydrogen-bond donors (Lipinski definition) is 2. The van der Waals surface area contributed by atoms with E-state index in [-0.39, 0.29) is 0 Å². The molecular weight excluding hydrogens is 226 g/mol. The van der Waals surface area contributed by atoms with Crippen LogP contribution in [-0.4, -0.2) is 32.4 Å². The van der Waals surface area contributed by atoms with Gasteiger partial charge in [-0.1, -0.05) is 0 Å². The molecule has 6 heteroatoms. The zero-order chi connectivity index (χ0) is 13.0. The van der Waals surface area contributed by atoms with Crippen molar-refractivity contribution in [1.29, 1.82) is 0 Å². The average Bonchev–Trinajstić information content (AvgIpc) is 2.35. The number of carboxylic acid groups (broad SMARTS) is 1. The van der Waals surface area contributed by atoms with Crippen LogP contribution in [-0.2, 0) is 4.79 Å². The molecule has 0 radical (unpaired) electrons. The molecule has 1 rings (SSSR count). The Morgan fingerprint density at radius 1 is 1.12 bits per heavy atom. The smallest absolute Gasteiger partial charge is 0.325 e. The molecule has 0 aliphatic heterocycles. The Bertz CT molecular complexity index is 419. The Morgan fingerprint density at radius 3 is 2.00 bits per heavy atom. The predicted molar refractivity (Wildman–Crippen MR) is 60.7 cm³/mol. The summed E-state index contributed by atoms with van der Waals surface area (Å²) in [5, 5.41) is 8.89. The van der Waals surface area contributed by atoms with Crippen LogP contribution in [0.15, 0.2) is 12.1 Å². The third kappa shape index (κ3) is 2.59. The van der Waals surface area contributed by atoms with Crippen molar-refractivity contribution >= 4 is 5.97 Å². The molecule has 0 saturated carbocycles. The van der Waals surface area contributed by atoms with Crippen molar-refractivity contribution in [2.45, 2.75) is 6.04 Å². The van der Waals surface area contributed by atoms with Crippen LogP contribution in [0, 0.1) is 0 Å². The summed E-state index contributed by atoms with van der Waals surface area (Å²) >= 11 is 0.